The predicted octanol–water partition coefficient (Wildman–Crippen LogP) is 3.52. The van der Waals surface area contributed by atoms with E-state index in [-0.39, 0.29) is 11.5 Å². The van der Waals surface area contributed by atoms with Crippen LogP contribution in [0.25, 0.3) is 22.6 Å². The van der Waals surface area contributed by atoms with Gasteiger partial charge in [-0.3, -0.25) is 0 Å². The molecule has 2 aromatic carbocycles. The SMILES string of the molecule is Oc1cccc(-c2onc3c2CCc2cc(O)ccc2-3)c1. The minimum absolute atomic E-state index is 0.207. The molecule has 0 saturated heterocycles. The van der Waals surface area contributed by atoms with Crippen molar-refractivity contribution >= 4 is 0 Å². The Morgan fingerprint density at radius 1 is 0.952 bits per heavy atom. The standard InChI is InChI=1S/C17H13NO3/c19-12-3-1-2-11(9-12)17-15-6-4-10-8-13(20)5-7-14(10)16(15)18-21-17/h1-3,5,7-9,19-20H,4,6H2. The van der Waals surface area contributed by atoms with Gasteiger partial charge in [0.1, 0.15) is 17.2 Å². The van der Waals surface area contributed by atoms with E-state index in [9.17, 15) is 10.2 Å². The second kappa shape index (κ2) is 4.38. The molecular formula is C17H13NO3. The summed E-state index contributed by atoms with van der Waals surface area (Å²) < 4.78 is 5.52. The van der Waals surface area contributed by atoms with Crippen molar-refractivity contribution in [1.82, 2.24) is 5.16 Å². The third-order valence-corrected chi connectivity index (χ3v) is 3.88. The molecule has 21 heavy (non-hydrogen) atoms. The lowest BCUT2D eigenvalue weighted by atomic mass is 9.88. The van der Waals surface area contributed by atoms with E-state index in [0.717, 1.165) is 40.8 Å². The van der Waals surface area contributed by atoms with Gasteiger partial charge < -0.3 is 14.7 Å². The Kier molecular flexibility index (Phi) is 2.51. The van der Waals surface area contributed by atoms with E-state index < -0.39 is 0 Å². The zero-order valence-corrected chi connectivity index (χ0v) is 11.2. The predicted molar refractivity (Wildman–Crippen MR) is 78.1 cm³/mol. The molecule has 4 nitrogen and oxygen atoms in total. The lowest BCUT2D eigenvalue weighted by molar-refractivity contribution is 0.433. The molecule has 1 aliphatic rings. The van der Waals surface area contributed by atoms with Gasteiger partial charge in [-0.2, -0.15) is 0 Å². The Balaban J connectivity index is 1.88. The summed E-state index contributed by atoms with van der Waals surface area (Å²) in [7, 11) is 0. The van der Waals surface area contributed by atoms with Crippen molar-refractivity contribution in [2.24, 2.45) is 0 Å². The molecule has 0 atom stereocenters. The van der Waals surface area contributed by atoms with Crippen LogP contribution < -0.4 is 0 Å². The molecule has 0 spiro atoms. The minimum atomic E-state index is 0.207. The number of phenolic OH excluding ortho intramolecular Hbond substituents is 2. The zero-order valence-electron chi connectivity index (χ0n) is 11.2. The van der Waals surface area contributed by atoms with Crippen molar-refractivity contribution in [2.45, 2.75) is 12.8 Å². The third-order valence-electron chi connectivity index (χ3n) is 3.88. The summed E-state index contributed by atoms with van der Waals surface area (Å²) in [6.07, 6.45) is 1.64. The van der Waals surface area contributed by atoms with Gasteiger partial charge in [-0.25, -0.2) is 0 Å². The number of hydrogen-bond acceptors (Lipinski definition) is 4. The Bertz CT molecular complexity index is 836. The molecule has 0 unspecified atom stereocenters. The summed E-state index contributed by atoms with van der Waals surface area (Å²) in [5.41, 5.74) is 4.79. The van der Waals surface area contributed by atoms with Crippen LogP contribution >= 0.6 is 0 Å². The molecule has 2 N–H and O–H groups in total. The van der Waals surface area contributed by atoms with Crippen LogP contribution in [0.4, 0.5) is 0 Å². The summed E-state index contributed by atoms with van der Waals surface area (Å²) in [6.45, 7) is 0. The molecule has 4 heteroatoms. The second-order valence-corrected chi connectivity index (χ2v) is 5.23. The highest BCUT2D eigenvalue weighted by Crippen LogP contribution is 2.39. The van der Waals surface area contributed by atoms with Gasteiger partial charge in [0.25, 0.3) is 0 Å². The Labute approximate surface area is 121 Å². The number of hydrogen-bond donors (Lipinski definition) is 2. The van der Waals surface area contributed by atoms with E-state index in [2.05, 4.69) is 5.16 Å². The highest BCUT2D eigenvalue weighted by Gasteiger charge is 2.25. The molecule has 0 fully saturated rings. The van der Waals surface area contributed by atoms with Crippen LogP contribution in [0.3, 0.4) is 0 Å². The first kappa shape index (κ1) is 12.0. The first-order valence-corrected chi connectivity index (χ1v) is 6.82. The molecule has 1 aliphatic carbocycles. The van der Waals surface area contributed by atoms with Crippen molar-refractivity contribution in [3.63, 3.8) is 0 Å². The Morgan fingerprint density at radius 2 is 1.81 bits per heavy atom. The molecule has 0 bridgehead atoms. The van der Waals surface area contributed by atoms with Gasteiger partial charge >= 0.3 is 0 Å². The molecule has 104 valence electrons. The average Bonchev–Trinajstić information content (AvgIpc) is 2.91. The van der Waals surface area contributed by atoms with E-state index in [1.807, 2.05) is 12.1 Å². The van der Waals surface area contributed by atoms with Crippen LogP contribution in [0.15, 0.2) is 47.0 Å². The van der Waals surface area contributed by atoms with Gasteiger partial charge in [-0.15, -0.1) is 0 Å². The minimum Gasteiger partial charge on any atom is -0.508 e. The van der Waals surface area contributed by atoms with Gasteiger partial charge in [-0.1, -0.05) is 17.3 Å². The quantitative estimate of drug-likeness (QED) is 0.715. The van der Waals surface area contributed by atoms with E-state index >= 15 is 0 Å². The molecule has 1 aromatic heterocycles. The van der Waals surface area contributed by atoms with Gasteiger partial charge in [0.2, 0.25) is 0 Å². The lowest BCUT2D eigenvalue weighted by Crippen LogP contribution is -2.03. The number of aromatic nitrogens is 1. The molecule has 3 aromatic rings. The highest BCUT2D eigenvalue weighted by molar-refractivity contribution is 5.77. The number of phenols is 2. The van der Waals surface area contributed by atoms with Crippen molar-refractivity contribution < 1.29 is 14.7 Å². The van der Waals surface area contributed by atoms with Crippen LogP contribution in [0.1, 0.15) is 11.1 Å². The summed E-state index contributed by atoms with van der Waals surface area (Å²) in [5.74, 6) is 1.19. The fraction of sp³-hybridized carbons (Fsp3) is 0.118. The lowest BCUT2D eigenvalue weighted by Gasteiger charge is -2.15. The van der Waals surface area contributed by atoms with E-state index in [1.165, 1.54) is 0 Å². The van der Waals surface area contributed by atoms with Crippen molar-refractivity contribution in [3.05, 3.63) is 53.6 Å². The first-order chi connectivity index (χ1) is 10.2. The number of fused-ring (bicyclic) bond motifs is 3. The summed E-state index contributed by atoms with van der Waals surface area (Å²) in [5, 5.41) is 23.4. The van der Waals surface area contributed by atoms with Gasteiger partial charge in [0, 0.05) is 16.7 Å². The highest BCUT2D eigenvalue weighted by atomic mass is 16.5. The van der Waals surface area contributed by atoms with Crippen LogP contribution in [-0.4, -0.2) is 15.4 Å². The summed E-state index contributed by atoms with van der Waals surface area (Å²) >= 11 is 0. The fourth-order valence-electron chi connectivity index (χ4n) is 2.90. The van der Waals surface area contributed by atoms with Crippen molar-refractivity contribution in [2.75, 3.05) is 0 Å². The summed E-state index contributed by atoms with van der Waals surface area (Å²) in [6, 6.07) is 12.3. The van der Waals surface area contributed by atoms with Crippen molar-refractivity contribution in [1.29, 1.82) is 0 Å². The monoisotopic (exact) mass is 279 g/mol. The van der Waals surface area contributed by atoms with Crippen LogP contribution in [0.2, 0.25) is 0 Å². The first-order valence-electron chi connectivity index (χ1n) is 6.82. The molecule has 4 rings (SSSR count). The van der Waals surface area contributed by atoms with Crippen molar-refractivity contribution in [3.8, 4) is 34.1 Å². The number of aryl methyl sites for hydroxylation is 1. The average molecular weight is 279 g/mol. The number of nitrogens with zero attached hydrogens (tertiary/aromatic N) is 1. The normalized spacial score (nSPS) is 12.8. The fourth-order valence-corrected chi connectivity index (χ4v) is 2.90. The largest absolute Gasteiger partial charge is 0.508 e. The van der Waals surface area contributed by atoms with E-state index in [0.29, 0.717) is 5.76 Å². The molecule has 0 aliphatic heterocycles. The smallest absolute Gasteiger partial charge is 0.170 e. The van der Waals surface area contributed by atoms with Gasteiger partial charge in [0.15, 0.2) is 5.76 Å². The molecule has 1 heterocycles. The van der Waals surface area contributed by atoms with E-state index in [4.69, 9.17) is 4.52 Å². The van der Waals surface area contributed by atoms with E-state index in [1.54, 1.807) is 30.3 Å². The number of rotatable bonds is 1. The molecule has 0 saturated carbocycles. The van der Waals surface area contributed by atoms with Gasteiger partial charge in [0.05, 0.1) is 0 Å². The maximum Gasteiger partial charge on any atom is 0.170 e. The Morgan fingerprint density at radius 3 is 2.67 bits per heavy atom. The zero-order chi connectivity index (χ0) is 14.4. The maximum atomic E-state index is 9.61. The Hall–Kier alpha value is -2.75. The topological polar surface area (TPSA) is 66.5 Å². The molecule has 0 radical (unpaired) electrons. The second-order valence-electron chi connectivity index (χ2n) is 5.23. The van der Waals surface area contributed by atoms with Gasteiger partial charge in [-0.05, 0) is 48.7 Å². The third kappa shape index (κ3) is 1.88. The van der Waals surface area contributed by atoms with Crippen LogP contribution in [0.5, 0.6) is 11.5 Å². The number of aromatic hydroxyl groups is 2. The molecule has 0 amide bonds. The summed E-state index contributed by atoms with van der Waals surface area (Å²) in [4.78, 5) is 0. The van der Waals surface area contributed by atoms with Crippen LogP contribution in [-0.2, 0) is 12.8 Å². The van der Waals surface area contributed by atoms with Crippen LogP contribution in [0, 0.1) is 0 Å². The number of benzene rings is 2. The molecular weight excluding hydrogens is 266 g/mol. The maximum absolute atomic E-state index is 9.61.